The van der Waals surface area contributed by atoms with Crippen LogP contribution in [0.4, 0.5) is 11.4 Å². The predicted octanol–water partition coefficient (Wildman–Crippen LogP) is 0.433. The number of fused-ring (bicyclic) bond motifs is 2. The molecular formula is C28H34N6O6. The first kappa shape index (κ1) is 27.4. The third-order valence-electron chi connectivity index (χ3n) is 7.51. The molecular weight excluding hydrogens is 516 g/mol. The highest BCUT2D eigenvalue weighted by Gasteiger charge is 2.38. The number of ketones is 2. The van der Waals surface area contributed by atoms with Gasteiger partial charge in [-0.15, -0.1) is 0 Å². The van der Waals surface area contributed by atoms with Gasteiger partial charge in [0, 0.05) is 37.6 Å². The number of benzene rings is 2. The molecule has 12 nitrogen and oxygen atoms in total. The Balaban J connectivity index is 1.29. The summed E-state index contributed by atoms with van der Waals surface area (Å²) in [5.41, 5.74) is 0.235. The van der Waals surface area contributed by atoms with Crippen LogP contribution in [-0.4, -0.2) is 84.9 Å². The van der Waals surface area contributed by atoms with Crippen LogP contribution in [0.2, 0.25) is 0 Å². The highest BCUT2D eigenvalue weighted by atomic mass is 16.3. The van der Waals surface area contributed by atoms with Crippen LogP contribution in [0.5, 0.6) is 11.5 Å². The Kier molecular flexibility index (Phi) is 8.17. The molecule has 5 rings (SSSR count). The van der Waals surface area contributed by atoms with E-state index in [-0.39, 0.29) is 83.8 Å². The fourth-order valence-corrected chi connectivity index (χ4v) is 5.49. The lowest BCUT2D eigenvalue weighted by molar-refractivity contribution is -0.123. The van der Waals surface area contributed by atoms with E-state index in [9.17, 15) is 29.4 Å². The number of hydrogen-bond donors (Lipinski definition) is 8. The third-order valence-corrected chi connectivity index (χ3v) is 7.51. The average Bonchev–Trinajstić information content (AvgIpc) is 3.68. The fraction of sp³-hybridized carbons (Fsp3) is 0.429. The van der Waals surface area contributed by atoms with Crippen molar-refractivity contribution in [2.75, 3.05) is 49.9 Å². The van der Waals surface area contributed by atoms with Gasteiger partial charge in [-0.2, -0.15) is 0 Å². The minimum Gasteiger partial charge on any atom is -0.507 e. The molecule has 2 saturated heterocycles. The van der Waals surface area contributed by atoms with Crippen LogP contribution < -0.4 is 31.9 Å². The molecule has 40 heavy (non-hydrogen) atoms. The summed E-state index contributed by atoms with van der Waals surface area (Å²) in [7, 11) is 0. The van der Waals surface area contributed by atoms with E-state index in [2.05, 4.69) is 31.9 Å². The van der Waals surface area contributed by atoms with E-state index in [1.165, 1.54) is 24.3 Å². The van der Waals surface area contributed by atoms with Crippen molar-refractivity contribution in [2.24, 2.45) is 0 Å². The SMILES string of the molecule is O=C1c2c(O)ccc(NCCNC(=O)C3CCCN3)c2C(=O)c2c(O)ccc(NCCNC(=O)C3CCCN3)c21. The molecule has 2 aliphatic heterocycles. The number of amides is 2. The van der Waals surface area contributed by atoms with Gasteiger partial charge in [-0.25, -0.2) is 0 Å². The van der Waals surface area contributed by atoms with Crippen molar-refractivity contribution < 1.29 is 29.4 Å². The first-order valence-corrected chi connectivity index (χ1v) is 13.7. The molecule has 2 aromatic carbocycles. The highest BCUT2D eigenvalue weighted by Crippen LogP contribution is 2.42. The number of nitrogens with one attached hydrogen (secondary N) is 6. The Morgan fingerprint density at radius 2 is 1.10 bits per heavy atom. The van der Waals surface area contributed by atoms with E-state index in [1.54, 1.807) is 0 Å². The lowest BCUT2D eigenvalue weighted by Gasteiger charge is -2.24. The number of rotatable bonds is 10. The van der Waals surface area contributed by atoms with Crippen molar-refractivity contribution in [1.29, 1.82) is 0 Å². The number of carbonyl (C=O) groups is 4. The van der Waals surface area contributed by atoms with Crippen LogP contribution in [0.3, 0.4) is 0 Å². The van der Waals surface area contributed by atoms with E-state index >= 15 is 0 Å². The zero-order chi connectivity index (χ0) is 28.2. The second-order valence-electron chi connectivity index (χ2n) is 10.2. The highest BCUT2D eigenvalue weighted by molar-refractivity contribution is 6.33. The van der Waals surface area contributed by atoms with Gasteiger partial charge in [-0.05, 0) is 63.0 Å². The molecule has 3 aliphatic rings. The second-order valence-corrected chi connectivity index (χ2v) is 10.2. The van der Waals surface area contributed by atoms with Gasteiger partial charge in [0.2, 0.25) is 23.4 Å². The van der Waals surface area contributed by atoms with E-state index in [0.717, 1.165) is 38.8 Å². The standard InChI is InChI=1S/C28H34N6O6/c35-19-7-5-15(31-11-13-33-27(39)17-3-1-9-29-17)21-23(19)26(38)22-16(6-8-20(36)24(22)25(21)37)32-12-14-34-28(40)18-4-2-10-30-18/h5-8,17-18,29-32,35-36H,1-4,9-14H2,(H,33,39)(H,34,40). The Morgan fingerprint density at radius 1 is 0.675 bits per heavy atom. The molecule has 2 atom stereocenters. The normalized spacial score (nSPS) is 19.6. The molecule has 2 heterocycles. The van der Waals surface area contributed by atoms with E-state index in [1.807, 2.05) is 0 Å². The van der Waals surface area contributed by atoms with Crippen molar-refractivity contribution in [3.63, 3.8) is 0 Å². The molecule has 2 aromatic rings. The zero-order valence-corrected chi connectivity index (χ0v) is 22.1. The Bertz CT molecular complexity index is 1230. The minimum atomic E-state index is -0.607. The Hall–Kier alpha value is -4.16. The van der Waals surface area contributed by atoms with Gasteiger partial charge in [0.1, 0.15) is 11.5 Å². The number of aromatic hydroxyl groups is 2. The van der Waals surface area contributed by atoms with Crippen LogP contribution in [0.15, 0.2) is 24.3 Å². The van der Waals surface area contributed by atoms with Crippen molar-refractivity contribution in [1.82, 2.24) is 21.3 Å². The first-order chi connectivity index (χ1) is 19.4. The monoisotopic (exact) mass is 550 g/mol. The first-order valence-electron chi connectivity index (χ1n) is 13.7. The predicted molar refractivity (Wildman–Crippen MR) is 148 cm³/mol. The second kappa shape index (κ2) is 11.9. The lowest BCUT2D eigenvalue weighted by atomic mass is 9.81. The smallest absolute Gasteiger partial charge is 0.237 e. The molecule has 2 unspecified atom stereocenters. The molecule has 1 aliphatic carbocycles. The van der Waals surface area contributed by atoms with E-state index in [0.29, 0.717) is 11.4 Å². The lowest BCUT2D eigenvalue weighted by Crippen LogP contribution is -2.42. The molecule has 2 amide bonds. The number of carbonyl (C=O) groups excluding carboxylic acids is 4. The quantitative estimate of drug-likeness (QED) is 0.130. The number of phenols is 2. The van der Waals surface area contributed by atoms with Crippen molar-refractivity contribution in [3.05, 3.63) is 46.5 Å². The van der Waals surface area contributed by atoms with Gasteiger partial charge >= 0.3 is 0 Å². The average molecular weight is 551 g/mol. The van der Waals surface area contributed by atoms with Crippen LogP contribution in [0.25, 0.3) is 0 Å². The van der Waals surface area contributed by atoms with Gasteiger partial charge in [0.15, 0.2) is 0 Å². The van der Waals surface area contributed by atoms with Crippen LogP contribution in [-0.2, 0) is 9.59 Å². The summed E-state index contributed by atoms with van der Waals surface area (Å²) < 4.78 is 0. The molecule has 0 radical (unpaired) electrons. The number of hydrogen-bond acceptors (Lipinski definition) is 10. The number of phenolic OH excluding ortho intramolecular Hbond substituents is 2. The van der Waals surface area contributed by atoms with Crippen LogP contribution >= 0.6 is 0 Å². The summed E-state index contributed by atoms with van der Waals surface area (Å²) in [4.78, 5) is 51.8. The minimum absolute atomic E-state index is 0.0370. The topological polar surface area (TPSA) is 181 Å². The van der Waals surface area contributed by atoms with Crippen LogP contribution in [0.1, 0.15) is 57.5 Å². The van der Waals surface area contributed by atoms with Crippen molar-refractivity contribution in [3.8, 4) is 11.5 Å². The molecule has 0 saturated carbocycles. The van der Waals surface area contributed by atoms with Gasteiger partial charge in [0.05, 0.1) is 34.3 Å². The largest absolute Gasteiger partial charge is 0.507 e. The fourth-order valence-electron chi connectivity index (χ4n) is 5.49. The van der Waals surface area contributed by atoms with Crippen molar-refractivity contribution >= 4 is 34.8 Å². The third kappa shape index (κ3) is 5.45. The molecule has 0 aromatic heterocycles. The summed E-state index contributed by atoms with van der Waals surface area (Å²) >= 11 is 0. The molecule has 12 heteroatoms. The Morgan fingerprint density at radius 3 is 1.48 bits per heavy atom. The molecule has 8 N–H and O–H groups in total. The van der Waals surface area contributed by atoms with Gasteiger partial charge in [-0.1, -0.05) is 0 Å². The van der Waals surface area contributed by atoms with Crippen LogP contribution in [0, 0.1) is 0 Å². The maximum Gasteiger partial charge on any atom is 0.237 e. The molecule has 0 bridgehead atoms. The summed E-state index contributed by atoms with van der Waals surface area (Å²) in [6.07, 6.45) is 3.47. The molecule has 212 valence electrons. The van der Waals surface area contributed by atoms with Gasteiger partial charge in [0.25, 0.3) is 0 Å². The maximum absolute atomic E-state index is 13.6. The van der Waals surface area contributed by atoms with Gasteiger partial charge < -0.3 is 42.1 Å². The molecule has 0 spiro atoms. The maximum atomic E-state index is 13.6. The summed E-state index contributed by atoms with van der Waals surface area (Å²) in [6, 6.07) is 5.24. The summed E-state index contributed by atoms with van der Waals surface area (Å²) in [5, 5.41) is 39.3. The molecule has 2 fully saturated rings. The van der Waals surface area contributed by atoms with Gasteiger partial charge in [-0.3, -0.25) is 19.2 Å². The summed E-state index contributed by atoms with van der Waals surface area (Å²) in [6.45, 7) is 2.76. The van der Waals surface area contributed by atoms with Crippen molar-refractivity contribution in [2.45, 2.75) is 37.8 Å². The zero-order valence-electron chi connectivity index (χ0n) is 22.1. The van der Waals surface area contributed by atoms with E-state index in [4.69, 9.17) is 0 Å². The summed E-state index contributed by atoms with van der Waals surface area (Å²) in [5.74, 6) is -2.10. The Labute approximate surface area is 231 Å². The van der Waals surface area contributed by atoms with E-state index < -0.39 is 11.6 Å². The number of anilines is 2.